The van der Waals surface area contributed by atoms with Crippen LogP contribution in [0.5, 0.6) is 0 Å². The Balaban J connectivity index is 4.35. The number of alkyl carbamates (subject to hydrolysis) is 1. The lowest BCUT2D eigenvalue weighted by molar-refractivity contribution is -0.132. The lowest BCUT2D eigenvalue weighted by Crippen LogP contribution is -2.48. The molecule has 5 nitrogen and oxygen atoms in total. The smallest absolute Gasteiger partial charge is 0.407 e. The Bertz CT molecular complexity index is 340. The van der Waals surface area contributed by atoms with Crippen molar-refractivity contribution in [2.75, 3.05) is 20.2 Å². The Morgan fingerprint density at radius 2 is 1.90 bits per heavy atom. The fraction of sp³-hybridized carbons (Fsp3) is 0.750. The van der Waals surface area contributed by atoms with Gasteiger partial charge >= 0.3 is 6.09 Å². The van der Waals surface area contributed by atoms with Crippen LogP contribution in [0.4, 0.5) is 4.79 Å². The van der Waals surface area contributed by atoms with E-state index >= 15 is 0 Å². The van der Waals surface area contributed by atoms with Gasteiger partial charge in [-0.1, -0.05) is 32.9 Å². The van der Waals surface area contributed by atoms with E-state index < -0.39 is 12.1 Å². The molecule has 2 amide bonds. The maximum atomic E-state index is 12.2. The van der Waals surface area contributed by atoms with Crippen molar-refractivity contribution in [1.82, 2.24) is 10.2 Å². The van der Waals surface area contributed by atoms with Crippen molar-refractivity contribution in [2.24, 2.45) is 5.92 Å². The second kappa shape index (κ2) is 11.2. The first-order valence-electron chi connectivity index (χ1n) is 7.75. The number of nitrogens with zero attached hydrogens (tertiary/aromatic N) is 1. The van der Waals surface area contributed by atoms with Crippen molar-refractivity contribution in [2.45, 2.75) is 53.0 Å². The first-order valence-corrected chi connectivity index (χ1v) is 7.75. The topological polar surface area (TPSA) is 58.6 Å². The summed E-state index contributed by atoms with van der Waals surface area (Å²) in [6, 6.07) is -0.520. The molecule has 0 spiro atoms. The first-order chi connectivity index (χ1) is 9.92. The highest BCUT2D eigenvalue weighted by atomic mass is 16.5. The molecule has 0 bridgehead atoms. The number of amides is 2. The first kappa shape index (κ1) is 19.5. The molecule has 0 saturated heterocycles. The van der Waals surface area contributed by atoms with Gasteiger partial charge < -0.3 is 15.0 Å². The highest BCUT2D eigenvalue weighted by molar-refractivity contribution is 5.85. The molecule has 0 aromatic heterocycles. The zero-order chi connectivity index (χ0) is 16.3. The summed E-state index contributed by atoms with van der Waals surface area (Å²) in [5.74, 6) is 0.242. The van der Waals surface area contributed by atoms with E-state index in [1.54, 1.807) is 11.9 Å². The van der Waals surface area contributed by atoms with Gasteiger partial charge in [0.25, 0.3) is 0 Å². The second-order valence-corrected chi connectivity index (χ2v) is 5.48. The summed E-state index contributed by atoms with van der Waals surface area (Å²) < 4.78 is 5.09. The Hall–Kier alpha value is -1.52. The number of rotatable bonds is 9. The minimum Gasteiger partial charge on any atom is -0.449 e. The normalized spacial score (nSPS) is 12.5. The molecule has 0 aromatic carbocycles. The lowest BCUT2D eigenvalue weighted by Gasteiger charge is -2.24. The minimum atomic E-state index is -0.525. The molecule has 1 atom stereocenters. The molecule has 0 saturated carbocycles. The van der Waals surface area contributed by atoms with Gasteiger partial charge in [-0.15, -0.1) is 0 Å². The molecule has 21 heavy (non-hydrogen) atoms. The summed E-state index contributed by atoms with van der Waals surface area (Å²) in [6.07, 6.45) is 5.76. The number of carbonyl (C=O) groups excluding carboxylic acids is 2. The van der Waals surface area contributed by atoms with Gasteiger partial charge in [0.05, 0.1) is 6.61 Å². The lowest BCUT2D eigenvalue weighted by atomic mass is 10.0. The van der Waals surface area contributed by atoms with Crippen LogP contribution < -0.4 is 5.32 Å². The van der Waals surface area contributed by atoms with E-state index in [-0.39, 0.29) is 5.91 Å². The van der Waals surface area contributed by atoms with Crippen molar-refractivity contribution in [3.05, 3.63) is 12.2 Å². The molecule has 0 rings (SSSR count). The van der Waals surface area contributed by atoms with E-state index in [9.17, 15) is 9.59 Å². The van der Waals surface area contributed by atoms with Crippen LogP contribution in [0.25, 0.3) is 0 Å². The van der Waals surface area contributed by atoms with Crippen LogP contribution in [0.2, 0.25) is 0 Å². The Labute approximate surface area is 128 Å². The standard InChI is InChI=1S/C16H30N2O3/c1-6-8-9-10-11-21-16(20)17-14(12-13(3)4)15(19)18(5)7-2/h8-9,13-14H,6-7,10-12H2,1-5H3,(H,17,20). The SMILES string of the molecule is CCC=CCCOC(=O)NC(CC(C)C)C(=O)N(C)CC. The van der Waals surface area contributed by atoms with Crippen molar-refractivity contribution < 1.29 is 14.3 Å². The zero-order valence-electron chi connectivity index (χ0n) is 14.0. The molecule has 1 N–H and O–H groups in total. The van der Waals surface area contributed by atoms with Crippen LogP contribution in [0, 0.1) is 5.92 Å². The average molecular weight is 298 g/mol. The number of hydrogen-bond acceptors (Lipinski definition) is 3. The largest absolute Gasteiger partial charge is 0.449 e. The van der Waals surface area contributed by atoms with Crippen molar-refractivity contribution in [3.63, 3.8) is 0 Å². The third-order valence-electron chi connectivity index (χ3n) is 3.07. The molecular weight excluding hydrogens is 268 g/mol. The minimum absolute atomic E-state index is 0.0750. The number of allylic oxidation sites excluding steroid dienone is 1. The monoisotopic (exact) mass is 298 g/mol. The maximum Gasteiger partial charge on any atom is 0.407 e. The number of ether oxygens (including phenoxy) is 1. The third-order valence-corrected chi connectivity index (χ3v) is 3.07. The molecule has 0 aliphatic heterocycles. The highest BCUT2D eigenvalue weighted by Gasteiger charge is 2.24. The zero-order valence-corrected chi connectivity index (χ0v) is 14.0. The molecule has 1 unspecified atom stereocenters. The van der Waals surface area contributed by atoms with E-state index in [0.29, 0.717) is 31.9 Å². The van der Waals surface area contributed by atoms with Gasteiger partial charge in [-0.25, -0.2) is 4.79 Å². The average Bonchev–Trinajstić information content (AvgIpc) is 2.44. The van der Waals surface area contributed by atoms with Crippen LogP contribution in [0.15, 0.2) is 12.2 Å². The van der Waals surface area contributed by atoms with Crippen molar-refractivity contribution in [1.29, 1.82) is 0 Å². The summed E-state index contributed by atoms with van der Waals surface area (Å²) in [5.41, 5.74) is 0. The van der Waals surface area contributed by atoms with Crippen molar-refractivity contribution >= 4 is 12.0 Å². The second-order valence-electron chi connectivity index (χ2n) is 5.48. The number of hydrogen-bond donors (Lipinski definition) is 1. The summed E-state index contributed by atoms with van der Waals surface area (Å²) in [7, 11) is 1.73. The molecule has 0 aromatic rings. The van der Waals surface area contributed by atoms with Gasteiger partial charge in [0.15, 0.2) is 0 Å². The van der Waals surface area contributed by atoms with E-state index in [4.69, 9.17) is 4.74 Å². The Kier molecular flexibility index (Phi) is 10.4. The summed E-state index contributed by atoms with van der Waals surface area (Å²) in [5, 5.41) is 2.68. The quantitative estimate of drug-likeness (QED) is 0.526. The molecule has 0 aliphatic rings. The summed E-state index contributed by atoms with van der Waals surface area (Å²) in [4.78, 5) is 25.6. The molecule has 0 fully saturated rings. The molecule has 0 radical (unpaired) electrons. The number of likely N-dealkylation sites (N-methyl/N-ethyl adjacent to an activating group) is 1. The fourth-order valence-electron chi connectivity index (χ4n) is 1.80. The summed E-state index contributed by atoms with van der Waals surface area (Å²) >= 11 is 0. The van der Waals surface area contributed by atoms with Gasteiger partial charge in [-0.3, -0.25) is 4.79 Å². The van der Waals surface area contributed by atoms with Crippen LogP contribution in [-0.2, 0) is 9.53 Å². The van der Waals surface area contributed by atoms with Gasteiger partial charge in [0, 0.05) is 13.6 Å². The van der Waals surface area contributed by atoms with E-state index in [1.165, 1.54) is 0 Å². The van der Waals surface area contributed by atoms with Crippen molar-refractivity contribution in [3.8, 4) is 0 Å². The van der Waals surface area contributed by atoms with Gasteiger partial charge in [0.2, 0.25) is 5.91 Å². The number of carbonyl (C=O) groups is 2. The van der Waals surface area contributed by atoms with Crippen LogP contribution in [0.3, 0.4) is 0 Å². The fourth-order valence-corrected chi connectivity index (χ4v) is 1.80. The third kappa shape index (κ3) is 9.10. The maximum absolute atomic E-state index is 12.2. The van der Waals surface area contributed by atoms with Gasteiger partial charge in [0.1, 0.15) is 6.04 Å². The predicted molar refractivity (Wildman–Crippen MR) is 85.1 cm³/mol. The molecule has 0 heterocycles. The Morgan fingerprint density at radius 3 is 2.43 bits per heavy atom. The highest BCUT2D eigenvalue weighted by Crippen LogP contribution is 2.08. The van der Waals surface area contributed by atoms with Gasteiger partial charge in [-0.05, 0) is 32.1 Å². The van der Waals surface area contributed by atoms with E-state index in [1.807, 2.05) is 32.9 Å². The summed E-state index contributed by atoms with van der Waals surface area (Å²) in [6.45, 7) is 8.95. The van der Waals surface area contributed by atoms with E-state index in [0.717, 1.165) is 6.42 Å². The predicted octanol–water partition coefficient (Wildman–Crippen LogP) is 2.96. The van der Waals surface area contributed by atoms with Crippen LogP contribution in [0.1, 0.15) is 47.0 Å². The number of nitrogens with one attached hydrogen (secondary N) is 1. The molecule has 122 valence electrons. The van der Waals surface area contributed by atoms with Gasteiger partial charge in [-0.2, -0.15) is 0 Å². The van der Waals surface area contributed by atoms with Crippen LogP contribution >= 0.6 is 0 Å². The Morgan fingerprint density at radius 1 is 1.24 bits per heavy atom. The van der Waals surface area contributed by atoms with E-state index in [2.05, 4.69) is 12.2 Å². The molecular formula is C16H30N2O3. The van der Waals surface area contributed by atoms with Crippen LogP contribution in [-0.4, -0.2) is 43.1 Å². The molecule has 5 heteroatoms. The molecule has 0 aliphatic carbocycles.